The van der Waals surface area contributed by atoms with Crippen LogP contribution in [-0.2, 0) is 4.79 Å². The third-order valence-electron chi connectivity index (χ3n) is 4.43. The summed E-state index contributed by atoms with van der Waals surface area (Å²) in [5, 5.41) is 13.0. The fraction of sp³-hybridized carbons (Fsp3) is 0.529. The molecule has 0 saturated heterocycles. The van der Waals surface area contributed by atoms with Gasteiger partial charge in [0.05, 0.1) is 5.69 Å². The lowest BCUT2D eigenvalue weighted by Gasteiger charge is -2.34. The van der Waals surface area contributed by atoms with E-state index in [1.807, 2.05) is 20.8 Å². The van der Waals surface area contributed by atoms with Gasteiger partial charge in [-0.15, -0.1) is 0 Å². The van der Waals surface area contributed by atoms with Crippen LogP contribution in [0.3, 0.4) is 0 Å². The second kappa shape index (κ2) is 5.17. The zero-order valence-corrected chi connectivity index (χ0v) is 13.3. The zero-order valence-electron chi connectivity index (χ0n) is 13.3. The summed E-state index contributed by atoms with van der Waals surface area (Å²) in [6, 6.07) is 1.65. The van der Waals surface area contributed by atoms with Gasteiger partial charge in [-0.2, -0.15) is 0 Å². The molecule has 1 aliphatic rings. The predicted octanol–water partition coefficient (Wildman–Crippen LogP) is 3.77. The number of hydrogen-bond donors (Lipinski definition) is 2. The summed E-state index contributed by atoms with van der Waals surface area (Å²) in [4.78, 5) is 25.4. The number of nitrogens with one attached hydrogen (secondary N) is 1. The molecule has 114 valence electrons. The largest absolute Gasteiger partial charge is 0.508 e. The molecule has 2 rings (SSSR count). The van der Waals surface area contributed by atoms with Crippen molar-refractivity contribution in [2.75, 3.05) is 5.32 Å². The number of Topliss-reactive ketones (excluding diaryl/α,β-unsaturated/α-hetero) is 1. The van der Waals surface area contributed by atoms with Crippen LogP contribution in [0.25, 0.3) is 0 Å². The number of hydrogen-bond acceptors (Lipinski definition) is 3. The van der Waals surface area contributed by atoms with Crippen LogP contribution in [0.1, 0.15) is 67.9 Å². The molecule has 4 nitrogen and oxygen atoms in total. The third kappa shape index (κ3) is 2.23. The summed E-state index contributed by atoms with van der Waals surface area (Å²) in [6.45, 7) is 9.31. The smallest absolute Gasteiger partial charge is 0.238 e. The number of phenols is 1. The van der Waals surface area contributed by atoms with E-state index in [1.165, 1.54) is 0 Å². The number of phenolic OH excluding ortho intramolecular Hbond substituents is 1. The van der Waals surface area contributed by atoms with E-state index in [2.05, 4.69) is 5.32 Å². The number of benzene rings is 1. The molecule has 0 aliphatic carbocycles. The van der Waals surface area contributed by atoms with Crippen molar-refractivity contribution in [1.82, 2.24) is 0 Å². The van der Waals surface area contributed by atoms with E-state index < -0.39 is 5.41 Å². The minimum atomic E-state index is -1.05. The number of ketones is 1. The second-order valence-corrected chi connectivity index (χ2v) is 6.38. The normalized spacial score (nSPS) is 21.4. The molecule has 0 aromatic heterocycles. The molecule has 4 heteroatoms. The average Bonchev–Trinajstić information content (AvgIpc) is 2.40. The average molecular weight is 289 g/mol. The van der Waals surface area contributed by atoms with Crippen molar-refractivity contribution >= 4 is 17.4 Å². The molecule has 1 heterocycles. The molecule has 0 radical (unpaired) electrons. The van der Waals surface area contributed by atoms with Gasteiger partial charge in [-0.25, -0.2) is 0 Å². The van der Waals surface area contributed by atoms with E-state index in [0.717, 1.165) is 12.0 Å². The molecule has 21 heavy (non-hydrogen) atoms. The first-order chi connectivity index (χ1) is 9.74. The first-order valence-corrected chi connectivity index (χ1v) is 7.46. The summed E-state index contributed by atoms with van der Waals surface area (Å²) >= 11 is 0. The van der Waals surface area contributed by atoms with Crippen LogP contribution in [0.15, 0.2) is 6.07 Å². The molecule has 1 atom stereocenters. The first kappa shape index (κ1) is 15.5. The molecule has 0 spiro atoms. The molecule has 1 aromatic carbocycles. The van der Waals surface area contributed by atoms with Crippen molar-refractivity contribution in [3.05, 3.63) is 22.8 Å². The Bertz CT molecular complexity index is 619. The summed E-state index contributed by atoms with van der Waals surface area (Å²) in [7, 11) is 0. The number of amides is 1. The topological polar surface area (TPSA) is 66.4 Å². The highest BCUT2D eigenvalue weighted by Crippen LogP contribution is 2.44. The molecule has 0 bridgehead atoms. The summed E-state index contributed by atoms with van der Waals surface area (Å²) in [6.07, 6.45) is 1.25. The van der Waals surface area contributed by atoms with Crippen LogP contribution >= 0.6 is 0 Å². The monoisotopic (exact) mass is 289 g/mol. The fourth-order valence-electron chi connectivity index (χ4n) is 3.02. The van der Waals surface area contributed by atoms with Gasteiger partial charge < -0.3 is 10.4 Å². The summed E-state index contributed by atoms with van der Waals surface area (Å²) < 4.78 is 0. The van der Waals surface area contributed by atoms with Crippen LogP contribution in [0.4, 0.5) is 5.69 Å². The van der Waals surface area contributed by atoms with Crippen molar-refractivity contribution in [3.63, 3.8) is 0 Å². The van der Waals surface area contributed by atoms with Gasteiger partial charge in [0.2, 0.25) is 5.91 Å². The van der Waals surface area contributed by atoms with Crippen LogP contribution in [0, 0.1) is 12.3 Å². The molecule has 1 unspecified atom stereocenters. The Morgan fingerprint density at radius 2 is 1.95 bits per heavy atom. The van der Waals surface area contributed by atoms with Gasteiger partial charge in [0.1, 0.15) is 11.2 Å². The molecule has 1 aliphatic heterocycles. The van der Waals surface area contributed by atoms with Crippen molar-refractivity contribution in [1.29, 1.82) is 0 Å². The summed E-state index contributed by atoms with van der Waals surface area (Å²) in [5.41, 5.74) is 1.34. The highest BCUT2D eigenvalue weighted by Gasteiger charge is 2.46. The van der Waals surface area contributed by atoms with Gasteiger partial charge >= 0.3 is 0 Å². The van der Waals surface area contributed by atoms with E-state index >= 15 is 0 Å². The fourth-order valence-corrected chi connectivity index (χ4v) is 3.02. The molecule has 0 fully saturated rings. The lowest BCUT2D eigenvalue weighted by Crippen LogP contribution is -2.45. The maximum Gasteiger partial charge on any atom is 0.238 e. The quantitative estimate of drug-likeness (QED) is 0.657. The molecular weight excluding hydrogens is 266 g/mol. The standard InChI is InChI=1S/C17H23NO3/c1-6-7-17(5)15(20)13-10(4)12(19)8-11(9(2)3)14(13)18-16(17)21/h8-9,19H,6-7H2,1-5H3,(H,18,21). The van der Waals surface area contributed by atoms with E-state index in [9.17, 15) is 14.7 Å². The van der Waals surface area contributed by atoms with Crippen LogP contribution in [0.2, 0.25) is 0 Å². The Hall–Kier alpha value is -1.84. The molecule has 0 saturated carbocycles. The Kier molecular flexibility index (Phi) is 3.83. The van der Waals surface area contributed by atoms with Crippen molar-refractivity contribution in [2.45, 2.75) is 53.4 Å². The Morgan fingerprint density at radius 3 is 2.48 bits per heavy atom. The number of anilines is 1. The van der Waals surface area contributed by atoms with E-state index in [1.54, 1.807) is 19.9 Å². The van der Waals surface area contributed by atoms with Crippen LogP contribution in [-0.4, -0.2) is 16.8 Å². The minimum absolute atomic E-state index is 0.105. The number of carbonyl (C=O) groups is 2. The molecule has 2 N–H and O–H groups in total. The van der Waals surface area contributed by atoms with Crippen molar-refractivity contribution in [2.24, 2.45) is 5.41 Å². The predicted molar refractivity (Wildman–Crippen MR) is 82.9 cm³/mol. The van der Waals surface area contributed by atoms with E-state index in [4.69, 9.17) is 0 Å². The number of carbonyl (C=O) groups excluding carboxylic acids is 2. The van der Waals surface area contributed by atoms with Crippen molar-refractivity contribution in [3.8, 4) is 5.75 Å². The first-order valence-electron chi connectivity index (χ1n) is 7.46. The highest BCUT2D eigenvalue weighted by atomic mass is 16.3. The number of rotatable bonds is 3. The third-order valence-corrected chi connectivity index (χ3v) is 4.43. The maximum atomic E-state index is 12.9. The number of aromatic hydroxyl groups is 1. The Balaban J connectivity index is 2.73. The Morgan fingerprint density at radius 1 is 1.33 bits per heavy atom. The van der Waals surface area contributed by atoms with Gasteiger partial charge in [0.15, 0.2) is 5.78 Å². The van der Waals surface area contributed by atoms with Gasteiger partial charge in [0, 0.05) is 11.1 Å². The highest BCUT2D eigenvalue weighted by molar-refractivity contribution is 6.25. The lowest BCUT2D eigenvalue weighted by atomic mass is 9.72. The molecular formula is C17H23NO3. The van der Waals surface area contributed by atoms with Gasteiger partial charge in [-0.1, -0.05) is 27.2 Å². The lowest BCUT2D eigenvalue weighted by molar-refractivity contribution is -0.123. The number of fused-ring (bicyclic) bond motifs is 1. The zero-order chi connectivity index (χ0) is 15.9. The van der Waals surface area contributed by atoms with Crippen molar-refractivity contribution < 1.29 is 14.7 Å². The summed E-state index contributed by atoms with van der Waals surface area (Å²) in [5.74, 6) is -0.207. The van der Waals surface area contributed by atoms with Gasteiger partial charge in [-0.05, 0) is 37.8 Å². The van der Waals surface area contributed by atoms with E-state index in [0.29, 0.717) is 23.2 Å². The SMILES string of the molecule is CCCC1(C)C(=O)Nc2c(C(C)C)cc(O)c(C)c2C1=O. The Labute approximate surface area is 125 Å². The maximum absolute atomic E-state index is 12.9. The van der Waals surface area contributed by atoms with Gasteiger partial charge in [-0.3, -0.25) is 9.59 Å². The molecule has 1 amide bonds. The molecule has 1 aromatic rings. The van der Waals surface area contributed by atoms with Crippen LogP contribution < -0.4 is 5.32 Å². The minimum Gasteiger partial charge on any atom is -0.508 e. The van der Waals surface area contributed by atoms with Gasteiger partial charge in [0.25, 0.3) is 0 Å². The second-order valence-electron chi connectivity index (χ2n) is 6.38. The van der Waals surface area contributed by atoms with Crippen LogP contribution in [0.5, 0.6) is 5.75 Å². The van der Waals surface area contributed by atoms with E-state index in [-0.39, 0.29) is 23.4 Å².